The Morgan fingerprint density at radius 1 is 1.38 bits per heavy atom. The first-order valence-electron chi connectivity index (χ1n) is 9.37. The van der Waals surface area contributed by atoms with Crippen molar-refractivity contribution in [1.82, 2.24) is 15.5 Å². The quantitative estimate of drug-likeness (QED) is 0.593. The first kappa shape index (κ1) is 18.0. The monoisotopic (exact) mass is 338 g/mol. The molecule has 1 saturated carbocycles. The molecule has 2 N–H and O–H groups in total. The highest BCUT2D eigenvalue weighted by molar-refractivity contribution is 5.80. The maximum Gasteiger partial charge on any atom is 0.191 e. The molecule has 5 atom stereocenters. The van der Waals surface area contributed by atoms with Gasteiger partial charge in [-0.25, -0.2) is 0 Å². The highest BCUT2D eigenvalue weighted by atomic mass is 16.5. The zero-order chi connectivity index (χ0) is 17.3. The van der Waals surface area contributed by atoms with Crippen molar-refractivity contribution in [2.75, 3.05) is 40.0 Å². The van der Waals surface area contributed by atoms with Crippen LogP contribution >= 0.6 is 0 Å². The number of morpholine rings is 1. The minimum absolute atomic E-state index is 0.170. The molecule has 2 aliphatic heterocycles. The van der Waals surface area contributed by atoms with Crippen LogP contribution in [0.3, 0.4) is 0 Å². The number of aliphatic imine (C=N–C) groups is 1. The molecule has 0 radical (unpaired) electrons. The van der Waals surface area contributed by atoms with Crippen LogP contribution in [-0.4, -0.2) is 75.0 Å². The normalized spacial score (nSPS) is 37.5. The number of ether oxygens (including phenoxy) is 2. The maximum atomic E-state index is 5.88. The van der Waals surface area contributed by atoms with Gasteiger partial charge in [-0.3, -0.25) is 9.89 Å². The Bertz CT molecular complexity index is 468. The fourth-order valence-electron chi connectivity index (χ4n) is 4.72. The molecule has 6 heteroatoms. The van der Waals surface area contributed by atoms with E-state index in [1.807, 2.05) is 7.05 Å². The van der Waals surface area contributed by atoms with Crippen molar-refractivity contribution in [2.45, 2.75) is 58.3 Å². The highest BCUT2D eigenvalue weighted by Crippen LogP contribution is 2.52. The second-order valence-electron chi connectivity index (χ2n) is 8.15. The van der Waals surface area contributed by atoms with E-state index in [-0.39, 0.29) is 5.41 Å². The van der Waals surface area contributed by atoms with E-state index in [2.05, 4.69) is 48.2 Å². The topological polar surface area (TPSA) is 58.1 Å². The van der Waals surface area contributed by atoms with Crippen LogP contribution in [0.4, 0.5) is 0 Å². The summed E-state index contributed by atoms with van der Waals surface area (Å²) in [7, 11) is 1.85. The van der Waals surface area contributed by atoms with Crippen molar-refractivity contribution in [3.63, 3.8) is 0 Å². The van der Waals surface area contributed by atoms with Crippen LogP contribution in [0.2, 0.25) is 0 Å². The zero-order valence-corrected chi connectivity index (χ0v) is 15.8. The fraction of sp³-hybridized carbons (Fsp3) is 0.944. The number of nitrogens with zero attached hydrogens (tertiary/aromatic N) is 2. The van der Waals surface area contributed by atoms with Crippen LogP contribution in [-0.2, 0) is 9.47 Å². The largest absolute Gasteiger partial charge is 0.379 e. The second kappa shape index (κ2) is 7.18. The summed E-state index contributed by atoms with van der Waals surface area (Å²) < 4.78 is 11.4. The lowest BCUT2D eigenvalue weighted by Gasteiger charge is -2.55. The summed E-state index contributed by atoms with van der Waals surface area (Å²) in [6, 6.07) is 1.38. The van der Waals surface area contributed by atoms with Gasteiger partial charge in [-0.2, -0.15) is 0 Å². The number of rotatable bonds is 4. The molecule has 2 heterocycles. The molecule has 0 aromatic carbocycles. The molecule has 3 rings (SSSR count). The smallest absolute Gasteiger partial charge is 0.191 e. The summed E-state index contributed by atoms with van der Waals surface area (Å²) in [6.07, 6.45) is 1.56. The first-order chi connectivity index (χ1) is 11.4. The number of nitrogens with one attached hydrogen (secondary N) is 2. The van der Waals surface area contributed by atoms with Crippen LogP contribution in [0.25, 0.3) is 0 Å². The van der Waals surface area contributed by atoms with Crippen molar-refractivity contribution in [3.8, 4) is 0 Å². The molecule has 5 unspecified atom stereocenters. The molecular formula is C18H34N4O2. The molecule has 0 bridgehead atoms. The molecular weight excluding hydrogens is 304 g/mol. The standard InChI is InChI=1S/C18H34N4O2/c1-12(22-7-9-23-11-13(22)2)10-20-17(19-5)21-15-14-6-8-24-16(14)18(15,3)4/h12-16H,6-11H2,1-5H3,(H2,19,20,21). The molecule has 6 nitrogen and oxygen atoms in total. The minimum atomic E-state index is 0.170. The van der Waals surface area contributed by atoms with Gasteiger partial charge in [-0.1, -0.05) is 13.8 Å². The van der Waals surface area contributed by atoms with Crippen molar-refractivity contribution in [2.24, 2.45) is 16.3 Å². The molecule has 0 aromatic heterocycles. The van der Waals surface area contributed by atoms with Crippen LogP contribution in [0.1, 0.15) is 34.1 Å². The average molecular weight is 338 g/mol. The van der Waals surface area contributed by atoms with Crippen LogP contribution in [0, 0.1) is 11.3 Å². The zero-order valence-electron chi connectivity index (χ0n) is 15.8. The third kappa shape index (κ3) is 3.28. The lowest BCUT2D eigenvalue weighted by Crippen LogP contribution is -2.68. The van der Waals surface area contributed by atoms with Crippen molar-refractivity contribution in [1.29, 1.82) is 0 Å². The predicted molar refractivity (Wildman–Crippen MR) is 96.4 cm³/mol. The Hall–Kier alpha value is -0.850. The number of hydrogen-bond acceptors (Lipinski definition) is 4. The van der Waals surface area contributed by atoms with Gasteiger partial charge >= 0.3 is 0 Å². The van der Waals surface area contributed by atoms with Crippen molar-refractivity contribution in [3.05, 3.63) is 0 Å². The van der Waals surface area contributed by atoms with Gasteiger partial charge < -0.3 is 20.1 Å². The first-order valence-corrected chi connectivity index (χ1v) is 9.37. The fourth-order valence-corrected chi connectivity index (χ4v) is 4.72. The Morgan fingerprint density at radius 2 is 2.17 bits per heavy atom. The average Bonchev–Trinajstić information content (AvgIpc) is 3.02. The van der Waals surface area contributed by atoms with Gasteiger partial charge in [0.25, 0.3) is 0 Å². The van der Waals surface area contributed by atoms with E-state index < -0.39 is 0 Å². The summed E-state index contributed by atoms with van der Waals surface area (Å²) in [5.74, 6) is 1.53. The van der Waals surface area contributed by atoms with E-state index in [1.165, 1.54) is 0 Å². The summed E-state index contributed by atoms with van der Waals surface area (Å²) in [5, 5.41) is 7.17. The van der Waals surface area contributed by atoms with Crippen molar-refractivity contribution < 1.29 is 9.47 Å². The highest BCUT2D eigenvalue weighted by Gasteiger charge is 2.59. The van der Waals surface area contributed by atoms with E-state index in [0.717, 1.165) is 45.3 Å². The Labute approximate surface area is 146 Å². The number of fused-ring (bicyclic) bond motifs is 1. The minimum Gasteiger partial charge on any atom is -0.379 e. The van der Waals surface area contributed by atoms with Gasteiger partial charge in [0.1, 0.15) is 0 Å². The van der Waals surface area contributed by atoms with E-state index in [9.17, 15) is 0 Å². The molecule has 0 spiro atoms. The Balaban J connectivity index is 1.50. The van der Waals surface area contributed by atoms with Crippen LogP contribution < -0.4 is 10.6 Å². The van der Waals surface area contributed by atoms with Gasteiger partial charge in [0, 0.05) is 56.2 Å². The third-order valence-corrected chi connectivity index (χ3v) is 6.17. The molecule has 0 aromatic rings. The molecule has 0 amide bonds. The van der Waals surface area contributed by atoms with Crippen LogP contribution in [0.15, 0.2) is 4.99 Å². The van der Waals surface area contributed by atoms with Gasteiger partial charge in [0.15, 0.2) is 5.96 Å². The van der Waals surface area contributed by atoms with Crippen LogP contribution in [0.5, 0.6) is 0 Å². The van der Waals surface area contributed by atoms with Gasteiger partial charge in [0.2, 0.25) is 0 Å². The van der Waals surface area contributed by atoms with E-state index in [0.29, 0.717) is 30.1 Å². The van der Waals surface area contributed by atoms with Crippen molar-refractivity contribution >= 4 is 5.96 Å². The van der Waals surface area contributed by atoms with Gasteiger partial charge in [0.05, 0.1) is 19.3 Å². The molecule has 1 aliphatic carbocycles. The van der Waals surface area contributed by atoms with Gasteiger partial charge in [-0.15, -0.1) is 0 Å². The second-order valence-corrected chi connectivity index (χ2v) is 8.15. The summed E-state index contributed by atoms with van der Waals surface area (Å²) in [5.41, 5.74) is 0.170. The SMILES string of the molecule is CN=C(NCC(C)N1CCOCC1C)NC1C2CCOC2C1(C)C. The predicted octanol–water partition coefficient (Wildman–Crippen LogP) is 1.07. The van der Waals surface area contributed by atoms with E-state index >= 15 is 0 Å². The lowest BCUT2D eigenvalue weighted by molar-refractivity contribution is -0.106. The molecule has 24 heavy (non-hydrogen) atoms. The van der Waals surface area contributed by atoms with E-state index in [4.69, 9.17) is 9.47 Å². The number of guanidine groups is 1. The Kier molecular flexibility index (Phi) is 5.37. The third-order valence-electron chi connectivity index (χ3n) is 6.17. The lowest BCUT2D eigenvalue weighted by atomic mass is 9.57. The summed E-state index contributed by atoms with van der Waals surface area (Å²) in [6.45, 7) is 13.6. The number of hydrogen-bond donors (Lipinski definition) is 2. The molecule has 138 valence electrons. The van der Waals surface area contributed by atoms with E-state index in [1.54, 1.807) is 0 Å². The Morgan fingerprint density at radius 3 is 2.88 bits per heavy atom. The molecule has 3 aliphatic rings. The summed E-state index contributed by atoms with van der Waals surface area (Å²) in [4.78, 5) is 6.95. The summed E-state index contributed by atoms with van der Waals surface area (Å²) >= 11 is 0. The van der Waals surface area contributed by atoms with Gasteiger partial charge in [-0.05, 0) is 20.3 Å². The maximum absolute atomic E-state index is 5.88. The molecule has 2 saturated heterocycles. The molecule has 3 fully saturated rings.